The van der Waals surface area contributed by atoms with Crippen molar-refractivity contribution in [3.8, 4) is 0 Å². The fraction of sp³-hybridized carbons (Fsp3) is 0. The van der Waals surface area contributed by atoms with Gasteiger partial charge in [-0.05, 0) is 0 Å². The van der Waals surface area contributed by atoms with Gasteiger partial charge in [0.2, 0.25) is 0 Å². The minimum atomic E-state index is -1.82. The van der Waals surface area contributed by atoms with Gasteiger partial charge in [0.05, 0.1) is 0 Å². The molecule has 0 amide bonds. The molecule has 7 nitrogen and oxygen atoms in total. The van der Waals surface area contributed by atoms with Crippen molar-refractivity contribution < 1.29 is 25.0 Å². The quantitative estimate of drug-likeness (QED) is 0.173. The van der Waals surface area contributed by atoms with Crippen molar-refractivity contribution in [1.29, 1.82) is 0 Å². The van der Waals surface area contributed by atoms with Gasteiger partial charge in [0.25, 0.3) is 0 Å². The Morgan fingerprint density at radius 3 is 1.09 bits per heavy atom. The van der Waals surface area contributed by atoms with Gasteiger partial charge in [0, 0.05) is 0 Å². The summed E-state index contributed by atoms with van der Waals surface area (Å²) < 4.78 is 0. The Hall–Kier alpha value is 0.340. The van der Waals surface area contributed by atoms with Crippen LogP contribution in [0.2, 0.25) is 0 Å². The van der Waals surface area contributed by atoms with Crippen molar-refractivity contribution in [2.45, 2.75) is 0 Å². The first-order valence-electron chi connectivity index (χ1n) is 1.49. The van der Waals surface area contributed by atoms with Crippen LogP contribution < -0.4 is 0 Å². The maximum absolute atomic E-state index is 9.10. The molecule has 0 unspecified atom stereocenters. The summed E-state index contributed by atoms with van der Waals surface area (Å²) in [4.78, 5) is 26.3. The standard InChI is InChI=1S/C2H2O4.HNO2.2Na.2H/c3-1(4)2(5)6;2-1-3;;;;/h(H,3,4)(H,5,6);(H,2,3);;;;. The molecule has 0 aliphatic carbocycles. The van der Waals surface area contributed by atoms with Gasteiger partial charge < -0.3 is 15.4 Å². The van der Waals surface area contributed by atoms with Crippen LogP contribution in [0.4, 0.5) is 0 Å². The van der Waals surface area contributed by atoms with Crippen LogP contribution in [-0.4, -0.2) is 86.5 Å². The summed E-state index contributed by atoms with van der Waals surface area (Å²) in [5.74, 6) is -3.65. The monoisotopic (exact) mass is 185 g/mol. The molecule has 0 aliphatic rings. The first-order chi connectivity index (χ1) is 4.06. The van der Waals surface area contributed by atoms with E-state index in [-0.39, 0.29) is 59.1 Å². The molecule has 56 valence electrons. The second-order valence-corrected chi connectivity index (χ2v) is 0.692. The first-order valence-corrected chi connectivity index (χ1v) is 1.49. The Kier molecular flexibility index (Phi) is 34.3. The van der Waals surface area contributed by atoms with E-state index in [2.05, 4.69) is 0 Å². The van der Waals surface area contributed by atoms with E-state index in [0.717, 1.165) is 0 Å². The number of aliphatic carboxylic acids is 2. The Morgan fingerprint density at radius 1 is 1.00 bits per heavy atom. The zero-order chi connectivity index (χ0) is 7.86. The van der Waals surface area contributed by atoms with Crippen LogP contribution in [0, 0.1) is 4.91 Å². The van der Waals surface area contributed by atoms with Crippen molar-refractivity contribution in [1.82, 2.24) is 0 Å². The fourth-order valence-corrected chi connectivity index (χ4v) is 0. The molecule has 0 heterocycles. The maximum atomic E-state index is 9.10. The normalized spacial score (nSPS) is 5.09. The summed E-state index contributed by atoms with van der Waals surface area (Å²) >= 11 is 0. The number of carbonyl (C=O) groups is 2. The average Bonchev–Trinajstić information content (AvgIpc) is 1.68. The molecular formula is C2H5NNa2O6. The number of carboxylic acids is 2. The third kappa shape index (κ3) is 38.2. The van der Waals surface area contributed by atoms with Gasteiger partial charge in [-0.1, -0.05) is 0 Å². The summed E-state index contributed by atoms with van der Waals surface area (Å²) in [6.07, 6.45) is 0. The molecule has 9 heteroatoms. The van der Waals surface area contributed by atoms with Crippen LogP contribution in [0.1, 0.15) is 0 Å². The summed E-state index contributed by atoms with van der Waals surface area (Å²) in [5, 5.41) is 22.7. The van der Waals surface area contributed by atoms with Gasteiger partial charge in [0.15, 0.2) is 5.34 Å². The zero-order valence-electron chi connectivity index (χ0n) is 4.01. The minimum absolute atomic E-state index is 0. The second-order valence-electron chi connectivity index (χ2n) is 0.692. The Balaban J connectivity index is -0.0000000437. The summed E-state index contributed by atoms with van der Waals surface area (Å²) in [6.45, 7) is 0. The number of hydrogen-bond donors (Lipinski definition) is 3. The third-order valence-corrected chi connectivity index (χ3v) is 0.183. The van der Waals surface area contributed by atoms with Gasteiger partial charge in [0.1, 0.15) is 0 Å². The molecule has 0 aromatic rings. The number of hydrogen-bond acceptors (Lipinski definition) is 4. The molecule has 0 aromatic carbocycles. The van der Waals surface area contributed by atoms with E-state index in [4.69, 9.17) is 29.9 Å². The first kappa shape index (κ1) is 22.5. The molecule has 0 rings (SSSR count). The topological polar surface area (TPSA) is 124 Å². The summed E-state index contributed by atoms with van der Waals surface area (Å²) in [6, 6.07) is 0. The number of rotatable bonds is 0. The Bertz CT molecular complexity index is 114. The Morgan fingerprint density at radius 2 is 1.09 bits per heavy atom. The molecule has 0 spiro atoms. The molecule has 0 fully saturated rings. The molecule has 0 atom stereocenters. The van der Waals surface area contributed by atoms with Crippen LogP contribution in [0.3, 0.4) is 0 Å². The van der Waals surface area contributed by atoms with Crippen molar-refractivity contribution >= 4 is 71.1 Å². The van der Waals surface area contributed by atoms with Crippen molar-refractivity contribution in [2.75, 3.05) is 0 Å². The molecule has 3 N–H and O–H groups in total. The Labute approximate surface area is 105 Å². The van der Waals surface area contributed by atoms with Gasteiger partial charge in [-0.3, -0.25) is 0 Å². The van der Waals surface area contributed by atoms with Crippen molar-refractivity contribution in [3.63, 3.8) is 0 Å². The summed E-state index contributed by atoms with van der Waals surface area (Å²) in [7, 11) is 0. The SMILES string of the molecule is O=C(O)C(=O)O.O=NO.[NaH].[NaH]. The third-order valence-electron chi connectivity index (χ3n) is 0.183. The molecule has 0 aromatic heterocycles. The fourth-order valence-electron chi connectivity index (χ4n) is 0. The van der Waals surface area contributed by atoms with Gasteiger partial charge in [-0.2, -0.15) is 0 Å². The van der Waals surface area contributed by atoms with Gasteiger partial charge >= 0.3 is 71.1 Å². The van der Waals surface area contributed by atoms with E-state index < -0.39 is 11.9 Å². The molecule has 0 saturated heterocycles. The summed E-state index contributed by atoms with van der Waals surface area (Å²) in [5.41, 5.74) is 0. The molecule has 0 radical (unpaired) electrons. The average molecular weight is 185 g/mol. The van der Waals surface area contributed by atoms with Crippen LogP contribution in [0.5, 0.6) is 0 Å². The van der Waals surface area contributed by atoms with Crippen LogP contribution in [0.25, 0.3) is 0 Å². The second kappa shape index (κ2) is 16.7. The zero-order valence-corrected chi connectivity index (χ0v) is 4.01. The van der Waals surface area contributed by atoms with Gasteiger partial charge in [-0.25, -0.2) is 9.59 Å². The van der Waals surface area contributed by atoms with Crippen molar-refractivity contribution in [3.05, 3.63) is 4.91 Å². The molecular weight excluding hydrogens is 180 g/mol. The van der Waals surface area contributed by atoms with E-state index in [0.29, 0.717) is 0 Å². The van der Waals surface area contributed by atoms with E-state index in [1.54, 1.807) is 0 Å². The predicted octanol–water partition coefficient (Wildman–Crippen LogP) is -2.00. The molecule has 0 bridgehead atoms. The van der Waals surface area contributed by atoms with E-state index >= 15 is 0 Å². The molecule has 11 heavy (non-hydrogen) atoms. The van der Waals surface area contributed by atoms with Crippen LogP contribution >= 0.6 is 0 Å². The van der Waals surface area contributed by atoms with E-state index in [9.17, 15) is 0 Å². The van der Waals surface area contributed by atoms with E-state index in [1.807, 2.05) is 0 Å². The number of carboxylic acid groups (broad SMARTS) is 2. The van der Waals surface area contributed by atoms with Crippen molar-refractivity contribution in [2.24, 2.45) is 5.34 Å². The van der Waals surface area contributed by atoms with E-state index in [1.165, 1.54) is 5.34 Å². The number of nitrogens with zero attached hydrogens (tertiary/aromatic N) is 1. The van der Waals surface area contributed by atoms with Gasteiger partial charge in [-0.15, -0.1) is 4.91 Å². The van der Waals surface area contributed by atoms with Crippen LogP contribution in [0.15, 0.2) is 5.34 Å². The molecule has 0 aliphatic heterocycles. The predicted molar refractivity (Wildman–Crippen MR) is 37.2 cm³/mol. The molecule has 0 saturated carbocycles. The van der Waals surface area contributed by atoms with Crippen LogP contribution in [-0.2, 0) is 9.59 Å².